The highest BCUT2D eigenvalue weighted by Gasteiger charge is 2.14. The molecule has 7 heteroatoms. The minimum Gasteiger partial charge on any atom is -0.461 e. The summed E-state index contributed by atoms with van der Waals surface area (Å²) in [4.78, 5) is 15.4. The van der Waals surface area contributed by atoms with Gasteiger partial charge in [-0.05, 0) is 20.8 Å². The van der Waals surface area contributed by atoms with Gasteiger partial charge in [-0.3, -0.25) is 0 Å². The Morgan fingerprint density at radius 2 is 2.26 bits per heavy atom. The average molecular weight is 265 g/mol. The lowest BCUT2D eigenvalue weighted by atomic mass is 10.2. The zero-order chi connectivity index (χ0) is 13.8. The van der Waals surface area contributed by atoms with Crippen LogP contribution in [0.4, 0.5) is 6.01 Å². The molecular formula is C12H15N3O4. The number of carbonyl (C=O) groups is 1. The van der Waals surface area contributed by atoms with Crippen LogP contribution in [0.1, 0.15) is 34.4 Å². The van der Waals surface area contributed by atoms with Crippen LogP contribution in [-0.2, 0) is 11.3 Å². The molecule has 0 fully saturated rings. The molecule has 0 aliphatic carbocycles. The number of anilines is 1. The van der Waals surface area contributed by atoms with Crippen LogP contribution in [0.2, 0.25) is 0 Å². The SMILES string of the molecule is CCOC(=O)c1coc(NCc2c(C)noc2C)n1. The number of hydrogen-bond acceptors (Lipinski definition) is 7. The van der Waals surface area contributed by atoms with E-state index in [-0.39, 0.29) is 11.7 Å². The molecule has 19 heavy (non-hydrogen) atoms. The molecule has 0 aliphatic heterocycles. The van der Waals surface area contributed by atoms with Crippen molar-refractivity contribution in [1.29, 1.82) is 0 Å². The summed E-state index contributed by atoms with van der Waals surface area (Å²) in [5.41, 5.74) is 1.89. The number of aromatic nitrogens is 2. The Morgan fingerprint density at radius 3 is 2.89 bits per heavy atom. The number of aryl methyl sites for hydroxylation is 2. The normalized spacial score (nSPS) is 10.5. The third-order valence-corrected chi connectivity index (χ3v) is 2.59. The van der Waals surface area contributed by atoms with Gasteiger partial charge in [0.1, 0.15) is 12.0 Å². The molecule has 2 aromatic rings. The fourth-order valence-corrected chi connectivity index (χ4v) is 1.57. The van der Waals surface area contributed by atoms with Gasteiger partial charge in [0.2, 0.25) is 0 Å². The second kappa shape index (κ2) is 5.55. The van der Waals surface area contributed by atoms with Gasteiger partial charge in [0, 0.05) is 12.1 Å². The Hall–Kier alpha value is -2.31. The Kier molecular flexibility index (Phi) is 3.84. The molecule has 0 amide bonds. The molecule has 1 N–H and O–H groups in total. The van der Waals surface area contributed by atoms with Crippen molar-refractivity contribution in [2.75, 3.05) is 11.9 Å². The van der Waals surface area contributed by atoms with Crippen LogP contribution in [0.3, 0.4) is 0 Å². The zero-order valence-electron chi connectivity index (χ0n) is 11.0. The van der Waals surface area contributed by atoms with Crippen molar-refractivity contribution in [2.45, 2.75) is 27.3 Å². The third kappa shape index (κ3) is 2.93. The van der Waals surface area contributed by atoms with Gasteiger partial charge in [-0.2, -0.15) is 4.98 Å². The van der Waals surface area contributed by atoms with Crippen molar-refractivity contribution in [3.05, 3.63) is 29.0 Å². The van der Waals surface area contributed by atoms with Gasteiger partial charge in [0.15, 0.2) is 5.69 Å². The van der Waals surface area contributed by atoms with E-state index in [1.807, 2.05) is 13.8 Å². The molecular weight excluding hydrogens is 250 g/mol. The maximum Gasteiger partial charge on any atom is 0.360 e. The van der Waals surface area contributed by atoms with Gasteiger partial charge < -0.3 is 19.0 Å². The van der Waals surface area contributed by atoms with Crippen molar-refractivity contribution in [3.63, 3.8) is 0 Å². The molecule has 0 aliphatic rings. The van der Waals surface area contributed by atoms with Gasteiger partial charge >= 0.3 is 5.97 Å². The van der Waals surface area contributed by atoms with E-state index in [4.69, 9.17) is 13.7 Å². The largest absolute Gasteiger partial charge is 0.461 e. The lowest BCUT2D eigenvalue weighted by molar-refractivity contribution is 0.0519. The molecule has 2 aromatic heterocycles. The fourth-order valence-electron chi connectivity index (χ4n) is 1.57. The minimum absolute atomic E-state index is 0.142. The van der Waals surface area contributed by atoms with Crippen LogP contribution in [0.15, 0.2) is 15.2 Å². The van der Waals surface area contributed by atoms with E-state index in [9.17, 15) is 4.79 Å². The summed E-state index contributed by atoms with van der Waals surface area (Å²) in [6.07, 6.45) is 1.26. The number of oxazole rings is 1. The monoisotopic (exact) mass is 265 g/mol. The van der Waals surface area contributed by atoms with E-state index < -0.39 is 5.97 Å². The quantitative estimate of drug-likeness (QED) is 0.827. The second-order valence-corrected chi connectivity index (χ2v) is 3.91. The van der Waals surface area contributed by atoms with Crippen LogP contribution in [0.5, 0.6) is 0 Å². The molecule has 0 atom stereocenters. The number of esters is 1. The molecule has 0 saturated carbocycles. The smallest absolute Gasteiger partial charge is 0.360 e. The summed E-state index contributed by atoms with van der Waals surface area (Å²) in [6.45, 7) is 6.18. The highest BCUT2D eigenvalue weighted by Crippen LogP contribution is 2.15. The van der Waals surface area contributed by atoms with Crippen LogP contribution in [0, 0.1) is 13.8 Å². The van der Waals surface area contributed by atoms with Gasteiger partial charge in [-0.1, -0.05) is 5.16 Å². The van der Waals surface area contributed by atoms with Gasteiger partial charge in [-0.15, -0.1) is 0 Å². The average Bonchev–Trinajstić information content (AvgIpc) is 2.96. The molecule has 0 aromatic carbocycles. The Bertz CT molecular complexity index is 554. The maximum absolute atomic E-state index is 11.4. The molecule has 7 nitrogen and oxygen atoms in total. The summed E-state index contributed by atoms with van der Waals surface area (Å²) in [7, 11) is 0. The van der Waals surface area contributed by atoms with E-state index in [1.54, 1.807) is 6.92 Å². The number of nitrogens with one attached hydrogen (secondary N) is 1. The van der Waals surface area contributed by atoms with E-state index in [2.05, 4.69) is 15.5 Å². The first-order valence-electron chi connectivity index (χ1n) is 5.90. The third-order valence-electron chi connectivity index (χ3n) is 2.59. The predicted octanol–water partition coefficient (Wildman–Crippen LogP) is 2.07. The topological polar surface area (TPSA) is 90.4 Å². The molecule has 0 spiro atoms. The first-order chi connectivity index (χ1) is 9.11. The minimum atomic E-state index is -0.503. The van der Waals surface area contributed by atoms with E-state index >= 15 is 0 Å². The van der Waals surface area contributed by atoms with Crippen molar-refractivity contribution >= 4 is 12.0 Å². The van der Waals surface area contributed by atoms with Crippen LogP contribution >= 0.6 is 0 Å². The lowest BCUT2D eigenvalue weighted by Crippen LogP contribution is -2.06. The standard InChI is InChI=1S/C12H15N3O4/c1-4-17-11(16)10-6-18-12(14-10)13-5-9-7(2)15-19-8(9)3/h6H,4-5H2,1-3H3,(H,13,14). The van der Waals surface area contributed by atoms with Gasteiger partial charge in [0.05, 0.1) is 12.3 Å². The molecule has 0 unspecified atom stereocenters. The molecule has 0 bridgehead atoms. The summed E-state index contributed by atoms with van der Waals surface area (Å²) in [5.74, 6) is 0.235. The summed E-state index contributed by atoms with van der Waals surface area (Å²) < 4.78 is 15.0. The fraction of sp³-hybridized carbons (Fsp3) is 0.417. The van der Waals surface area contributed by atoms with Crippen molar-refractivity contribution in [1.82, 2.24) is 10.1 Å². The van der Waals surface area contributed by atoms with Gasteiger partial charge in [-0.25, -0.2) is 4.79 Å². The zero-order valence-corrected chi connectivity index (χ0v) is 11.0. The number of rotatable bonds is 5. The van der Waals surface area contributed by atoms with Gasteiger partial charge in [0.25, 0.3) is 6.01 Å². The van der Waals surface area contributed by atoms with E-state index in [1.165, 1.54) is 6.26 Å². The van der Waals surface area contributed by atoms with Crippen molar-refractivity contribution in [3.8, 4) is 0 Å². The van der Waals surface area contributed by atoms with E-state index in [0.29, 0.717) is 13.2 Å². The van der Waals surface area contributed by atoms with Crippen LogP contribution in [-0.4, -0.2) is 22.7 Å². The predicted molar refractivity (Wildman–Crippen MR) is 65.8 cm³/mol. The highest BCUT2D eigenvalue weighted by molar-refractivity contribution is 5.87. The molecule has 2 heterocycles. The lowest BCUT2D eigenvalue weighted by Gasteiger charge is -2.00. The summed E-state index contributed by atoms with van der Waals surface area (Å²) in [6, 6.07) is 0.253. The Labute approximate surface area is 109 Å². The van der Waals surface area contributed by atoms with Crippen molar-refractivity contribution in [2.24, 2.45) is 0 Å². The van der Waals surface area contributed by atoms with Crippen LogP contribution < -0.4 is 5.32 Å². The molecule has 0 radical (unpaired) electrons. The number of nitrogens with zero attached hydrogens (tertiary/aromatic N) is 2. The Morgan fingerprint density at radius 1 is 1.47 bits per heavy atom. The first-order valence-corrected chi connectivity index (χ1v) is 5.90. The Balaban J connectivity index is 1.99. The van der Waals surface area contributed by atoms with Crippen LogP contribution in [0.25, 0.3) is 0 Å². The highest BCUT2D eigenvalue weighted by atomic mass is 16.5. The summed E-state index contributed by atoms with van der Waals surface area (Å²) >= 11 is 0. The van der Waals surface area contributed by atoms with Crippen molar-refractivity contribution < 1.29 is 18.5 Å². The second-order valence-electron chi connectivity index (χ2n) is 3.91. The molecule has 102 valence electrons. The molecule has 0 saturated heterocycles. The number of ether oxygens (including phenoxy) is 1. The number of carbonyl (C=O) groups excluding carboxylic acids is 1. The maximum atomic E-state index is 11.4. The first kappa shape index (κ1) is 13.1. The summed E-state index contributed by atoms with van der Waals surface area (Å²) in [5, 5.41) is 6.81. The van der Waals surface area contributed by atoms with E-state index in [0.717, 1.165) is 17.0 Å². The number of hydrogen-bond donors (Lipinski definition) is 1. The molecule has 2 rings (SSSR count).